The van der Waals surface area contributed by atoms with Gasteiger partial charge in [0, 0.05) is 35.0 Å². The summed E-state index contributed by atoms with van der Waals surface area (Å²) < 4.78 is 15.3. The van der Waals surface area contributed by atoms with E-state index in [4.69, 9.17) is 9.15 Å². The molecular weight excluding hydrogens is 312 g/mol. The molecule has 6 heteroatoms. The molecule has 0 bridgehead atoms. The van der Waals surface area contributed by atoms with Crippen LogP contribution in [0.4, 0.5) is 0 Å². The van der Waals surface area contributed by atoms with Crippen LogP contribution in [0.1, 0.15) is 44.5 Å². The monoisotopic (exact) mass is 330 g/mol. The summed E-state index contributed by atoms with van der Waals surface area (Å²) in [6.45, 7) is 6.15. The molecule has 0 saturated carbocycles. The van der Waals surface area contributed by atoms with Gasteiger partial charge in [-0.1, -0.05) is 27.2 Å². The Kier molecular flexibility index (Phi) is 4.43. The largest absolute Gasteiger partial charge is 0.430 e. The molecule has 0 atom stereocenters. The predicted molar refractivity (Wildman–Crippen MR) is 90.6 cm³/mol. The minimum Gasteiger partial charge on any atom is -0.430 e. The van der Waals surface area contributed by atoms with Crippen LogP contribution in [0.2, 0.25) is 0 Å². The van der Waals surface area contributed by atoms with Gasteiger partial charge in [0.05, 0.1) is 0 Å². The van der Waals surface area contributed by atoms with Crippen LogP contribution in [-0.4, -0.2) is 9.36 Å². The van der Waals surface area contributed by atoms with Crippen LogP contribution in [0.3, 0.4) is 0 Å². The third kappa shape index (κ3) is 3.42. The van der Waals surface area contributed by atoms with Crippen LogP contribution in [0.5, 0.6) is 10.9 Å². The number of hydrogen-bond acceptors (Lipinski definition) is 6. The van der Waals surface area contributed by atoms with Crippen molar-refractivity contribution in [3.63, 3.8) is 0 Å². The molecule has 120 valence electrons. The molecule has 0 radical (unpaired) electrons. The molecule has 3 rings (SSSR count). The zero-order valence-corrected chi connectivity index (χ0v) is 14.1. The normalized spacial score (nSPS) is 11.3. The number of benzene rings is 1. The Morgan fingerprint density at radius 3 is 2.83 bits per heavy atom. The van der Waals surface area contributed by atoms with E-state index in [1.807, 2.05) is 26.0 Å². The van der Waals surface area contributed by atoms with Crippen LogP contribution < -0.4 is 10.4 Å². The summed E-state index contributed by atoms with van der Waals surface area (Å²) in [5.74, 6) is 1.61. The van der Waals surface area contributed by atoms with Crippen LogP contribution in [-0.2, 0) is 6.42 Å². The minimum atomic E-state index is -0.337. The lowest BCUT2D eigenvalue weighted by atomic mass is 10.1. The second-order valence-electron chi connectivity index (χ2n) is 5.67. The average molecular weight is 330 g/mol. The van der Waals surface area contributed by atoms with E-state index in [1.165, 1.54) is 11.5 Å². The van der Waals surface area contributed by atoms with Crippen LogP contribution >= 0.6 is 11.5 Å². The molecule has 0 aliphatic rings. The average Bonchev–Trinajstić information content (AvgIpc) is 2.96. The molecule has 1 aromatic carbocycles. The zero-order valence-electron chi connectivity index (χ0n) is 13.3. The highest BCUT2D eigenvalue weighted by Gasteiger charge is 2.11. The van der Waals surface area contributed by atoms with Crippen molar-refractivity contribution in [2.24, 2.45) is 0 Å². The number of rotatable bonds is 5. The molecule has 0 unspecified atom stereocenters. The van der Waals surface area contributed by atoms with E-state index in [9.17, 15) is 4.79 Å². The number of nitrogens with zero attached hydrogens (tertiary/aromatic N) is 2. The molecule has 0 aliphatic carbocycles. The quantitative estimate of drug-likeness (QED) is 0.644. The second kappa shape index (κ2) is 6.50. The van der Waals surface area contributed by atoms with Gasteiger partial charge >= 0.3 is 5.63 Å². The number of hydrogen-bond donors (Lipinski definition) is 0. The molecule has 0 saturated heterocycles. The van der Waals surface area contributed by atoms with E-state index in [0.717, 1.165) is 29.6 Å². The van der Waals surface area contributed by atoms with Crippen LogP contribution in [0.25, 0.3) is 11.0 Å². The molecular formula is C17H18N2O3S. The lowest BCUT2D eigenvalue weighted by Crippen LogP contribution is -2.00. The van der Waals surface area contributed by atoms with Gasteiger partial charge in [0.25, 0.3) is 5.19 Å². The summed E-state index contributed by atoms with van der Waals surface area (Å²) in [6, 6.07) is 7.07. The molecule has 0 spiro atoms. The first kappa shape index (κ1) is 15.7. The minimum absolute atomic E-state index is 0.259. The van der Waals surface area contributed by atoms with E-state index >= 15 is 0 Å². The van der Waals surface area contributed by atoms with Crippen molar-refractivity contribution in [2.45, 2.75) is 39.5 Å². The van der Waals surface area contributed by atoms with E-state index in [0.29, 0.717) is 16.5 Å². The first-order valence-electron chi connectivity index (χ1n) is 7.65. The predicted octanol–water partition coefficient (Wildman–Crippen LogP) is 4.51. The zero-order chi connectivity index (χ0) is 16.4. The maximum absolute atomic E-state index is 11.7. The van der Waals surface area contributed by atoms with Crippen molar-refractivity contribution < 1.29 is 9.15 Å². The highest BCUT2D eigenvalue weighted by Crippen LogP contribution is 2.29. The topological polar surface area (TPSA) is 65.2 Å². The van der Waals surface area contributed by atoms with Crippen molar-refractivity contribution in [1.29, 1.82) is 0 Å². The van der Waals surface area contributed by atoms with Crippen LogP contribution in [0.15, 0.2) is 33.5 Å². The van der Waals surface area contributed by atoms with E-state index in [1.54, 1.807) is 12.1 Å². The maximum Gasteiger partial charge on any atom is 0.336 e. The fourth-order valence-corrected chi connectivity index (χ4v) is 3.04. The van der Waals surface area contributed by atoms with E-state index in [2.05, 4.69) is 16.3 Å². The fourth-order valence-electron chi connectivity index (χ4n) is 2.35. The Balaban J connectivity index is 1.94. The van der Waals surface area contributed by atoms with Gasteiger partial charge in [0.15, 0.2) is 0 Å². The van der Waals surface area contributed by atoms with Gasteiger partial charge in [-0.15, -0.1) is 0 Å². The van der Waals surface area contributed by atoms with Crippen molar-refractivity contribution in [3.8, 4) is 10.9 Å². The SMILES string of the molecule is CCCc1cc(=O)oc2cc(Oc3nc(C(C)C)ns3)ccc12. The summed E-state index contributed by atoms with van der Waals surface area (Å²) in [5, 5.41) is 1.43. The molecule has 0 fully saturated rings. The van der Waals surface area contributed by atoms with Crippen molar-refractivity contribution in [2.75, 3.05) is 0 Å². The summed E-state index contributed by atoms with van der Waals surface area (Å²) in [7, 11) is 0. The van der Waals surface area contributed by atoms with Crippen molar-refractivity contribution in [1.82, 2.24) is 9.36 Å². The van der Waals surface area contributed by atoms with Crippen LogP contribution in [0, 0.1) is 0 Å². The summed E-state index contributed by atoms with van der Waals surface area (Å²) in [4.78, 5) is 16.0. The Morgan fingerprint density at radius 2 is 2.13 bits per heavy atom. The molecule has 3 aromatic rings. The van der Waals surface area contributed by atoms with Gasteiger partial charge in [-0.2, -0.15) is 9.36 Å². The first-order chi connectivity index (χ1) is 11.1. The standard InChI is InChI=1S/C17H18N2O3S/c1-4-5-11-8-15(20)22-14-9-12(6-7-13(11)14)21-17-18-16(10(2)3)19-23-17/h6-10H,4-5H2,1-3H3. The maximum atomic E-state index is 11.7. The van der Waals surface area contributed by atoms with Gasteiger partial charge in [-0.25, -0.2) is 4.79 Å². The highest BCUT2D eigenvalue weighted by molar-refractivity contribution is 7.07. The van der Waals surface area contributed by atoms with Crippen molar-refractivity contribution in [3.05, 3.63) is 46.1 Å². The Labute approximate surface area is 138 Å². The lowest BCUT2D eigenvalue weighted by molar-refractivity contribution is 0.474. The lowest BCUT2D eigenvalue weighted by Gasteiger charge is -2.06. The van der Waals surface area contributed by atoms with Gasteiger partial charge in [0.1, 0.15) is 17.2 Å². The smallest absolute Gasteiger partial charge is 0.336 e. The van der Waals surface area contributed by atoms with E-state index in [-0.39, 0.29) is 11.5 Å². The van der Waals surface area contributed by atoms with Crippen molar-refractivity contribution >= 4 is 22.5 Å². The highest BCUT2D eigenvalue weighted by atomic mass is 32.1. The molecule has 23 heavy (non-hydrogen) atoms. The Morgan fingerprint density at radius 1 is 1.30 bits per heavy atom. The molecule has 0 N–H and O–H groups in total. The third-order valence-corrected chi connectivity index (χ3v) is 4.07. The molecule has 0 amide bonds. The summed E-state index contributed by atoms with van der Waals surface area (Å²) in [5.41, 5.74) is 1.20. The first-order valence-corrected chi connectivity index (χ1v) is 8.42. The summed E-state index contributed by atoms with van der Waals surface area (Å²) in [6.07, 6.45) is 1.82. The van der Waals surface area contributed by atoms with Gasteiger partial charge in [-0.05, 0) is 24.1 Å². The van der Waals surface area contributed by atoms with Gasteiger partial charge < -0.3 is 9.15 Å². The van der Waals surface area contributed by atoms with Gasteiger partial charge in [0.2, 0.25) is 0 Å². The number of aromatic nitrogens is 2. The molecule has 2 heterocycles. The fraction of sp³-hybridized carbons (Fsp3) is 0.353. The molecule has 2 aromatic heterocycles. The molecule has 0 aliphatic heterocycles. The second-order valence-corrected chi connectivity index (χ2v) is 6.39. The third-order valence-electron chi connectivity index (χ3n) is 3.47. The Hall–Kier alpha value is -2.21. The number of ether oxygens (including phenoxy) is 1. The summed E-state index contributed by atoms with van der Waals surface area (Å²) >= 11 is 1.22. The molecule has 5 nitrogen and oxygen atoms in total. The van der Waals surface area contributed by atoms with E-state index < -0.39 is 0 Å². The van der Waals surface area contributed by atoms with Gasteiger partial charge in [-0.3, -0.25) is 0 Å². The number of aryl methyl sites for hydroxylation is 1. The number of fused-ring (bicyclic) bond motifs is 1. The Bertz CT molecular complexity index is 883.